The van der Waals surface area contributed by atoms with Gasteiger partial charge in [0.2, 0.25) is 0 Å². The molecule has 3 nitrogen and oxygen atoms in total. The zero-order valence-electron chi connectivity index (χ0n) is 10.7. The van der Waals surface area contributed by atoms with Gasteiger partial charge in [-0.05, 0) is 49.4 Å². The molecular weight excluding hydrogens is 248 g/mol. The molecule has 1 aromatic rings. The topological polar surface area (TPSA) is 54.4 Å². The van der Waals surface area contributed by atoms with E-state index in [0.717, 1.165) is 24.2 Å². The number of hydrogen-bond donors (Lipinski definition) is 1. The molecule has 3 atom stereocenters. The number of carboxylic acid groups (broad SMARTS) is 1. The van der Waals surface area contributed by atoms with Gasteiger partial charge >= 0.3 is 5.97 Å². The molecule has 1 aliphatic rings. The van der Waals surface area contributed by atoms with Crippen molar-refractivity contribution in [3.05, 3.63) is 29.3 Å². The number of carbonyl (C=O) groups is 1. The molecule has 4 heteroatoms. The minimum absolute atomic E-state index is 0.373. The van der Waals surface area contributed by atoms with Crippen LogP contribution in [0.2, 0.25) is 0 Å². The Morgan fingerprint density at radius 1 is 1.28 bits per heavy atom. The number of carboxylic acids is 1. The van der Waals surface area contributed by atoms with Gasteiger partial charge in [0.15, 0.2) is 0 Å². The largest absolute Gasteiger partial charge is 0.481 e. The summed E-state index contributed by atoms with van der Waals surface area (Å²) in [6.45, 7) is 3.35. The van der Waals surface area contributed by atoms with Crippen LogP contribution >= 0.6 is 0 Å². The Bertz CT molecular complexity index is 496. The highest BCUT2D eigenvalue weighted by Crippen LogP contribution is 2.26. The van der Waals surface area contributed by atoms with Gasteiger partial charge in [-0.3, -0.25) is 9.00 Å². The van der Waals surface area contributed by atoms with E-state index in [2.05, 4.69) is 0 Å². The molecule has 0 radical (unpaired) electrons. The first kappa shape index (κ1) is 13.3. The van der Waals surface area contributed by atoms with Crippen LogP contribution in [0.25, 0.3) is 0 Å². The molecule has 0 amide bonds. The first-order valence-electron chi connectivity index (χ1n) is 6.26. The molecule has 0 aromatic heterocycles. The van der Waals surface area contributed by atoms with Gasteiger partial charge in [-0.1, -0.05) is 13.0 Å². The Labute approximate surface area is 110 Å². The van der Waals surface area contributed by atoms with Gasteiger partial charge in [-0.15, -0.1) is 0 Å². The predicted octanol–water partition coefficient (Wildman–Crippen LogP) is 2.39. The fourth-order valence-electron chi connectivity index (χ4n) is 2.27. The third-order valence-electron chi connectivity index (χ3n) is 3.73. The first-order valence-corrected chi connectivity index (χ1v) is 7.47. The zero-order chi connectivity index (χ0) is 13.3. The molecule has 0 saturated carbocycles. The second-order valence-electron chi connectivity index (χ2n) is 4.91. The minimum Gasteiger partial charge on any atom is -0.481 e. The summed E-state index contributed by atoms with van der Waals surface area (Å²) in [4.78, 5) is 11.7. The smallest absolute Gasteiger partial charge is 0.307 e. The molecule has 1 aromatic carbocycles. The molecule has 18 heavy (non-hydrogen) atoms. The van der Waals surface area contributed by atoms with Crippen molar-refractivity contribution in [2.24, 2.45) is 5.92 Å². The van der Waals surface area contributed by atoms with Gasteiger partial charge in [0.1, 0.15) is 0 Å². The van der Waals surface area contributed by atoms with Crippen molar-refractivity contribution in [2.45, 2.75) is 43.3 Å². The molecule has 0 aliphatic heterocycles. The van der Waals surface area contributed by atoms with E-state index in [1.54, 1.807) is 13.8 Å². The summed E-state index contributed by atoms with van der Waals surface area (Å²) in [5.74, 6) is -1.49. The van der Waals surface area contributed by atoms with Crippen molar-refractivity contribution in [1.29, 1.82) is 0 Å². The average Bonchev–Trinajstić information content (AvgIpc) is 2.82. The van der Waals surface area contributed by atoms with E-state index >= 15 is 0 Å². The molecule has 98 valence electrons. The lowest BCUT2D eigenvalue weighted by atomic mass is 10.1. The molecule has 1 aliphatic carbocycles. The van der Waals surface area contributed by atoms with Crippen molar-refractivity contribution in [3.8, 4) is 0 Å². The molecule has 0 bridgehead atoms. The maximum Gasteiger partial charge on any atom is 0.307 e. The number of aryl methyl sites for hydroxylation is 2. The highest BCUT2D eigenvalue weighted by atomic mass is 32.2. The van der Waals surface area contributed by atoms with E-state index in [4.69, 9.17) is 5.11 Å². The van der Waals surface area contributed by atoms with E-state index in [0.29, 0.717) is 0 Å². The highest BCUT2D eigenvalue weighted by molar-refractivity contribution is 7.85. The van der Waals surface area contributed by atoms with Gasteiger partial charge in [-0.2, -0.15) is 0 Å². The lowest BCUT2D eigenvalue weighted by Crippen LogP contribution is -2.27. The van der Waals surface area contributed by atoms with Crippen molar-refractivity contribution in [2.75, 3.05) is 0 Å². The number of aliphatic carboxylic acids is 1. The third-order valence-corrected chi connectivity index (χ3v) is 5.54. The zero-order valence-corrected chi connectivity index (χ0v) is 11.5. The lowest BCUT2D eigenvalue weighted by Gasteiger charge is -2.16. The van der Waals surface area contributed by atoms with E-state index in [-0.39, 0.29) is 5.25 Å². The highest BCUT2D eigenvalue weighted by Gasteiger charge is 2.26. The molecule has 0 saturated heterocycles. The SMILES string of the molecule is CC(C(=O)O)C(C)S(=O)c1ccc2c(c1)CCC2. The monoisotopic (exact) mass is 266 g/mol. The van der Waals surface area contributed by atoms with E-state index in [1.165, 1.54) is 11.1 Å². The van der Waals surface area contributed by atoms with Crippen LogP contribution in [0, 0.1) is 5.92 Å². The van der Waals surface area contributed by atoms with Crippen LogP contribution in [0.3, 0.4) is 0 Å². The van der Waals surface area contributed by atoms with Crippen LogP contribution in [-0.2, 0) is 28.4 Å². The summed E-state index contributed by atoms with van der Waals surface area (Å²) in [5.41, 5.74) is 2.62. The maximum atomic E-state index is 12.3. The van der Waals surface area contributed by atoms with E-state index < -0.39 is 22.7 Å². The number of fused-ring (bicyclic) bond motifs is 1. The summed E-state index contributed by atoms with van der Waals surface area (Å²) in [7, 11) is -1.25. The molecule has 0 fully saturated rings. The Kier molecular flexibility index (Phi) is 3.85. The molecule has 3 unspecified atom stereocenters. The summed E-state index contributed by atoms with van der Waals surface area (Å²) in [6.07, 6.45) is 3.30. The van der Waals surface area contributed by atoms with E-state index in [9.17, 15) is 9.00 Å². The maximum absolute atomic E-state index is 12.3. The second-order valence-corrected chi connectivity index (χ2v) is 6.72. The average molecular weight is 266 g/mol. The van der Waals surface area contributed by atoms with Gasteiger partial charge in [-0.25, -0.2) is 0 Å². The summed E-state index contributed by atoms with van der Waals surface area (Å²) >= 11 is 0. The van der Waals surface area contributed by atoms with E-state index in [1.807, 2.05) is 18.2 Å². The van der Waals surface area contributed by atoms with Crippen LogP contribution in [0.15, 0.2) is 23.1 Å². The van der Waals surface area contributed by atoms with Crippen molar-refractivity contribution < 1.29 is 14.1 Å². The van der Waals surface area contributed by atoms with Crippen molar-refractivity contribution >= 4 is 16.8 Å². The fourth-order valence-corrected chi connectivity index (χ4v) is 3.65. The Morgan fingerprint density at radius 2 is 1.94 bits per heavy atom. The summed E-state index contributed by atoms with van der Waals surface area (Å²) < 4.78 is 12.3. The lowest BCUT2D eigenvalue weighted by molar-refractivity contribution is -0.141. The van der Waals surface area contributed by atoms with Gasteiger partial charge < -0.3 is 5.11 Å². The normalized spacial score (nSPS) is 19.0. The van der Waals surface area contributed by atoms with Crippen molar-refractivity contribution in [3.63, 3.8) is 0 Å². The Morgan fingerprint density at radius 3 is 2.61 bits per heavy atom. The summed E-state index contributed by atoms with van der Waals surface area (Å²) in [5, 5.41) is 8.60. The van der Waals surface area contributed by atoms with Crippen LogP contribution < -0.4 is 0 Å². The standard InChI is InChI=1S/C14H18O3S/c1-9(14(15)16)10(2)18(17)13-7-6-11-4-3-5-12(11)8-13/h6-10H,3-5H2,1-2H3,(H,15,16). The predicted molar refractivity (Wildman–Crippen MR) is 71.1 cm³/mol. The second kappa shape index (κ2) is 5.22. The van der Waals surface area contributed by atoms with Crippen LogP contribution in [0.1, 0.15) is 31.4 Å². The van der Waals surface area contributed by atoms with Gasteiger partial charge in [0.25, 0.3) is 0 Å². The van der Waals surface area contributed by atoms with Gasteiger partial charge in [0, 0.05) is 10.1 Å². The molecule has 0 spiro atoms. The number of rotatable bonds is 4. The molecule has 0 heterocycles. The number of hydrogen-bond acceptors (Lipinski definition) is 2. The first-order chi connectivity index (χ1) is 8.50. The van der Waals surface area contributed by atoms with Gasteiger partial charge in [0.05, 0.1) is 16.7 Å². The van der Waals surface area contributed by atoms with Crippen LogP contribution in [-0.4, -0.2) is 20.5 Å². The molecule has 2 rings (SSSR count). The Balaban J connectivity index is 2.21. The fraction of sp³-hybridized carbons (Fsp3) is 0.500. The molecule has 1 N–H and O–H groups in total. The van der Waals surface area contributed by atoms with Crippen LogP contribution in [0.4, 0.5) is 0 Å². The quantitative estimate of drug-likeness (QED) is 0.910. The molecular formula is C14H18O3S. The van der Waals surface area contributed by atoms with Crippen molar-refractivity contribution in [1.82, 2.24) is 0 Å². The van der Waals surface area contributed by atoms with Crippen LogP contribution in [0.5, 0.6) is 0 Å². The minimum atomic E-state index is -1.25. The number of benzene rings is 1. The third kappa shape index (κ3) is 2.48. The Hall–Kier alpha value is -1.16. The summed E-state index contributed by atoms with van der Waals surface area (Å²) in [6, 6.07) is 5.91.